The van der Waals surface area contributed by atoms with E-state index in [0.717, 1.165) is 72.4 Å². The summed E-state index contributed by atoms with van der Waals surface area (Å²) in [5, 5.41) is 2.04. The molecule has 0 saturated carbocycles. The quantitative estimate of drug-likeness (QED) is 0.153. The second-order valence-electron chi connectivity index (χ2n) is 17.5. The minimum atomic E-state index is -2.38. The minimum Gasteiger partial charge on any atom is -0.457 e. The first-order valence-corrected chi connectivity index (χ1v) is 21.8. The zero-order valence-corrected chi connectivity index (χ0v) is 36.0. The monoisotopic (exact) mass is 831 g/mol. The number of benzene rings is 8. The van der Waals surface area contributed by atoms with Gasteiger partial charge in [-0.3, -0.25) is 4.57 Å². The Balaban J connectivity index is 0.960. The first-order valence-electron chi connectivity index (χ1n) is 23.3. The van der Waals surface area contributed by atoms with Crippen molar-refractivity contribution in [1.29, 1.82) is 0 Å². The molecular weight excluding hydrogens is 781 g/mol. The van der Waals surface area contributed by atoms with Gasteiger partial charge in [-0.15, -0.1) is 0 Å². The molecule has 0 aliphatic carbocycles. The van der Waals surface area contributed by atoms with Crippen molar-refractivity contribution in [3.63, 3.8) is 0 Å². The Morgan fingerprint density at radius 3 is 1.83 bits per heavy atom. The molecule has 0 saturated heterocycles. The van der Waals surface area contributed by atoms with Crippen LogP contribution in [0.15, 0.2) is 206 Å². The maximum atomic E-state index is 8.65. The summed E-state index contributed by atoms with van der Waals surface area (Å²) in [6.07, 6.45) is 1.70. The van der Waals surface area contributed by atoms with Crippen LogP contribution in [0.3, 0.4) is 0 Å². The molecule has 0 spiro atoms. The molecule has 0 unspecified atom stereocenters. The van der Waals surface area contributed by atoms with E-state index < -0.39 is 6.85 Å². The van der Waals surface area contributed by atoms with Crippen molar-refractivity contribution in [3.05, 3.63) is 218 Å². The van der Waals surface area contributed by atoms with E-state index >= 15 is 0 Å². The SMILES string of the molecule is [2H]C([2H])([2H])c1cc(-n2c3ccccc3c3ccc(Oc4cccc(N5CN(c6c(-c7ccccc7)cccc6-c6ccccc6)c6ccccc65)c4)cc32)ncc1-c1ccc(C(C)(C)C)cc1. The van der Waals surface area contributed by atoms with E-state index in [1.165, 1.54) is 5.56 Å². The molecule has 64 heavy (non-hydrogen) atoms. The summed E-state index contributed by atoms with van der Waals surface area (Å²) >= 11 is 0. The van der Waals surface area contributed by atoms with E-state index in [2.05, 4.69) is 170 Å². The molecule has 10 aromatic rings. The minimum absolute atomic E-state index is 0.0263. The lowest BCUT2D eigenvalue weighted by Crippen LogP contribution is -2.24. The Morgan fingerprint density at radius 1 is 0.516 bits per heavy atom. The predicted molar refractivity (Wildman–Crippen MR) is 267 cm³/mol. The first kappa shape index (κ1) is 35.7. The van der Waals surface area contributed by atoms with Crippen LogP contribution < -0.4 is 14.5 Å². The first-order chi connectivity index (χ1) is 32.5. The number of nitrogens with zero attached hydrogens (tertiary/aromatic N) is 4. The lowest BCUT2D eigenvalue weighted by molar-refractivity contribution is 0.483. The van der Waals surface area contributed by atoms with Gasteiger partial charge in [0.1, 0.15) is 24.0 Å². The lowest BCUT2D eigenvalue weighted by Gasteiger charge is -2.27. The Labute approximate surface area is 379 Å². The molecule has 0 fully saturated rings. The number of aromatic nitrogens is 2. The molecule has 0 radical (unpaired) electrons. The van der Waals surface area contributed by atoms with Gasteiger partial charge in [-0.2, -0.15) is 0 Å². The van der Waals surface area contributed by atoms with Crippen molar-refractivity contribution >= 4 is 44.6 Å². The number of rotatable bonds is 8. The van der Waals surface area contributed by atoms with Crippen LogP contribution in [0, 0.1) is 6.85 Å². The van der Waals surface area contributed by atoms with E-state index in [9.17, 15) is 0 Å². The summed E-state index contributed by atoms with van der Waals surface area (Å²) < 4.78 is 34.7. The van der Waals surface area contributed by atoms with Gasteiger partial charge in [0, 0.05) is 55.6 Å². The number of pyridine rings is 1. The highest BCUT2D eigenvalue weighted by molar-refractivity contribution is 6.09. The van der Waals surface area contributed by atoms with Crippen molar-refractivity contribution in [2.45, 2.75) is 33.0 Å². The lowest BCUT2D eigenvalue weighted by atomic mass is 9.86. The maximum Gasteiger partial charge on any atom is 0.137 e. The van der Waals surface area contributed by atoms with Crippen molar-refractivity contribution in [2.75, 3.05) is 16.5 Å². The summed E-state index contributed by atoms with van der Waals surface area (Å²) in [6.45, 7) is 4.71. The highest BCUT2D eigenvalue weighted by atomic mass is 16.5. The molecule has 5 nitrogen and oxygen atoms in total. The van der Waals surface area contributed by atoms with E-state index in [4.69, 9.17) is 13.8 Å². The largest absolute Gasteiger partial charge is 0.457 e. The number of aryl methyl sites for hydroxylation is 1. The van der Waals surface area contributed by atoms with Gasteiger partial charge in [0.2, 0.25) is 0 Å². The van der Waals surface area contributed by atoms with E-state index in [1.54, 1.807) is 12.3 Å². The Morgan fingerprint density at radius 2 is 1.12 bits per heavy atom. The number of anilines is 4. The van der Waals surface area contributed by atoms with Gasteiger partial charge >= 0.3 is 0 Å². The predicted octanol–water partition coefficient (Wildman–Crippen LogP) is 15.8. The molecule has 2 aromatic heterocycles. The van der Waals surface area contributed by atoms with Crippen LogP contribution in [0.5, 0.6) is 11.5 Å². The van der Waals surface area contributed by atoms with Gasteiger partial charge < -0.3 is 14.5 Å². The summed E-state index contributed by atoms with van der Waals surface area (Å²) in [6, 6.07) is 68.8. The van der Waals surface area contributed by atoms with Crippen LogP contribution >= 0.6 is 0 Å². The van der Waals surface area contributed by atoms with Crippen LogP contribution in [0.1, 0.15) is 36.0 Å². The number of hydrogen-bond acceptors (Lipinski definition) is 4. The van der Waals surface area contributed by atoms with Crippen LogP contribution in [0.4, 0.5) is 22.7 Å². The summed E-state index contributed by atoms with van der Waals surface area (Å²) in [5.41, 5.74) is 13.6. The maximum absolute atomic E-state index is 8.65. The zero-order chi connectivity index (χ0) is 45.9. The van der Waals surface area contributed by atoms with E-state index in [-0.39, 0.29) is 11.0 Å². The molecule has 310 valence electrons. The Kier molecular flexibility index (Phi) is 8.80. The van der Waals surface area contributed by atoms with Gasteiger partial charge in [-0.25, -0.2) is 4.98 Å². The zero-order valence-electron chi connectivity index (χ0n) is 39.0. The molecular formula is C59H48N4O. The molecule has 0 atom stereocenters. The average Bonchev–Trinajstić information content (AvgIpc) is 3.90. The molecule has 0 amide bonds. The second kappa shape index (κ2) is 15.8. The van der Waals surface area contributed by atoms with E-state index in [1.807, 2.05) is 59.2 Å². The number of para-hydroxylation sites is 4. The van der Waals surface area contributed by atoms with Crippen LogP contribution in [0.25, 0.3) is 61.0 Å². The molecule has 0 bridgehead atoms. The third kappa shape index (κ3) is 6.96. The Hall–Kier alpha value is -7.89. The number of fused-ring (bicyclic) bond motifs is 4. The topological polar surface area (TPSA) is 33.5 Å². The van der Waals surface area contributed by atoms with Crippen LogP contribution in [0.2, 0.25) is 0 Å². The van der Waals surface area contributed by atoms with Gasteiger partial charge in [0.25, 0.3) is 0 Å². The van der Waals surface area contributed by atoms with Gasteiger partial charge in [-0.05, 0) is 88.6 Å². The van der Waals surface area contributed by atoms with Crippen molar-refractivity contribution in [3.8, 4) is 50.7 Å². The second-order valence-corrected chi connectivity index (χ2v) is 17.5. The molecule has 11 rings (SSSR count). The molecule has 3 heterocycles. The molecule has 0 N–H and O–H groups in total. The van der Waals surface area contributed by atoms with Crippen molar-refractivity contribution in [1.82, 2.24) is 9.55 Å². The van der Waals surface area contributed by atoms with Gasteiger partial charge in [0.05, 0.1) is 28.1 Å². The van der Waals surface area contributed by atoms with Crippen molar-refractivity contribution in [2.24, 2.45) is 0 Å². The third-order valence-electron chi connectivity index (χ3n) is 12.4. The summed E-state index contributed by atoms with van der Waals surface area (Å²) in [5.74, 6) is 1.86. The van der Waals surface area contributed by atoms with Crippen LogP contribution in [-0.2, 0) is 5.41 Å². The van der Waals surface area contributed by atoms with Gasteiger partial charge in [0.15, 0.2) is 0 Å². The standard InChI is InChI=1S/C59H48N4O/c1-40-35-57(60-38-52(40)43-29-31-44(32-30-43)59(2,3)4)63-53-26-12-11-23-50(53)51-34-33-47(37-56(51)63)64-46-22-15-21-45(36-46)61-39-62(55-28-14-13-27-54(55)61)58-48(41-17-7-5-8-18-41)24-16-25-49(58)42-19-9-6-10-20-42/h5-38H,39H2,1-4H3/i1D3. The average molecular weight is 832 g/mol. The van der Waals surface area contributed by atoms with Gasteiger partial charge in [-0.1, -0.05) is 160 Å². The van der Waals surface area contributed by atoms with Crippen LogP contribution in [-0.4, -0.2) is 16.2 Å². The third-order valence-corrected chi connectivity index (χ3v) is 12.4. The fourth-order valence-corrected chi connectivity index (χ4v) is 9.22. The molecule has 1 aliphatic heterocycles. The number of ether oxygens (including phenoxy) is 1. The normalized spacial score (nSPS) is 13.5. The number of hydrogen-bond donors (Lipinski definition) is 0. The smallest absolute Gasteiger partial charge is 0.137 e. The molecule has 8 aromatic carbocycles. The fourth-order valence-electron chi connectivity index (χ4n) is 9.22. The highest BCUT2D eigenvalue weighted by Gasteiger charge is 2.31. The summed E-state index contributed by atoms with van der Waals surface area (Å²) in [7, 11) is 0. The molecule has 5 heteroatoms. The summed E-state index contributed by atoms with van der Waals surface area (Å²) in [4.78, 5) is 9.74. The fraction of sp³-hybridized carbons (Fsp3) is 0.102. The highest BCUT2D eigenvalue weighted by Crippen LogP contribution is 2.50. The molecule has 1 aliphatic rings. The van der Waals surface area contributed by atoms with Crippen molar-refractivity contribution < 1.29 is 8.85 Å². The Bertz CT molecular complexity index is 3390. The van der Waals surface area contributed by atoms with E-state index in [0.29, 0.717) is 29.5 Å².